The molecule has 144 valence electrons. The Morgan fingerprint density at radius 2 is 1.83 bits per heavy atom. The van der Waals surface area contributed by atoms with Crippen molar-refractivity contribution in [2.75, 3.05) is 6.61 Å². The Morgan fingerprint density at radius 3 is 2.59 bits per heavy atom. The van der Waals surface area contributed by atoms with E-state index in [1.54, 1.807) is 0 Å². The van der Waals surface area contributed by atoms with Crippen LogP contribution in [-0.4, -0.2) is 37.0 Å². The molecule has 6 rings (SSSR count). The first-order chi connectivity index (χ1) is 14.4. The van der Waals surface area contributed by atoms with Crippen LogP contribution in [0.15, 0.2) is 60.7 Å². The van der Waals surface area contributed by atoms with E-state index in [9.17, 15) is 0 Å². The third-order valence-corrected chi connectivity index (χ3v) is 6.10. The van der Waals surface area contributed by atoms with Crippen molar-refractivity contribution in [1.29, 1.82) is 0 Å². The molecule has 2 aliphatic carbocycles. The molecule has 4 aromatic rings. The molecule has 1 fully saturated rings. The van der Waals surface area contributed by atoms with Gasteiger partial charge in [-0.3, -0.25) is 4.68 Å². The van der Waals surface area contributed by atoms with Gasteiger partial charge in [0.15, 0.2) is 0 Å². The number of tetrazole rings is 1. The normalized spacial score (nSPS) is 21.6. The molecule has 0 radical (unpaired) electrons. The molecule has 2 aliphatic rings. The van der Waals surface area contributed by atoms with Gasteiger partial charge in [0.2, 0.25) is 5.82 Å². The minimum atomic E-state index is 0.491. The van der Waals surface area contributed by atoms with Crippen LogP contribution in [0.4, 0.5) is 0 Å². The van der Waals surface area contributed by atoms with Gasteiger partial charge in [0, 0.05) is 23.1 Å². The Morgan fingerprint density at radius 1 is 1.03 bits per heavy atom. The summed E-state index contributed by atoms with van der Waals surface area (Å²) >= 11 is 0. The maximum absolute atomic E-state index is 6.05. The van der Waals surface area contributed by atoms with Gasteiger partial charge in [-0.25, -0.2) is 0 Å². The first kappa shape index (κ1) is 16.5. The van der Waals surface area contributed by atoms with Crippen molar-refractivity contribution in [3.05, 3.63) is 77.5 Å². The van der Waals surface area contributed by atoms with Crippen LogP contribution in [0.3, 0.4) is 0 Å². The number of aromatic amines is 1. The summed E-state index contributed by atoms with van der Waals surface area (Å²) in [6.45, 7) is 1.49. The van der Waals surface area contributed by atoms with Crippen LogP contribution < -0.4 is 4.74 Å². The fourth-order valence-electron chi connectivity index (χ4n) is 4.71. The summed E-state index contributed by atoms with van der Waals surface area (Å²) in [5.74, 6) is 3.14. The second kappa shape index (κ2) is 6.55. The minimum Gasteiger partial charge on any atom is -0.493 e. The monoisotopic (exact) mass is 384 g/mol. The molecule has 1 N–H and O–H groups in total. The smallest absolute Gasteiger partial charge is 0.225 e. The van der Waals surface area contributed by atoms with Gasteiger partial charge < -0.3 is 4.74 Å². The molecule has 2 aromatic carbocycles. The third kappa shape index (κ3) is 2.81. The molecular formula is C22H20N6O. The van der Waals surface area contributed by atoms with Crippen molar-refractivity contribution < 1.29 is 4.74 Å². The van der Waals surface area contributed by atoms with Crippen LogP contribution in [0.2, 0.25) is 0 Å². The summed E-state index contributed by atoms with van der Waals surface area (Å²) < 4.78 is 8.19. The van der Waals surface area contributed by atoms with Gasteiger partial charge in [0.1, 0.15) is 11.4 Å². The van der Waals surface area contributed by atoms with Crippen LogP contribution in [-0.2, 0) is 13.0 Å². The largest absolute Gasteiger partial charge is 0.493 e. The highest BCUT2D eigenvalue weighted by Crippen LogP contribution is 2.62. The Labute approximate surface area is 167 Å². The van der Waals surface area contributed by atoms with Gasteiger partial charge >= 0.3 is 0 Å². The van der Waals surface area contributed by atoms with Gasteiger partial charge in [0.25, 0.3) is 0 Å². The predicted molar refractivity (Wildman–Crippen MR) is 106 cm³/mol. The molecule has 3 atom stereocenters. The molecule has 0 spiro atoms. The van der Waals surface area contributed by atoms with Gasteiger partial charge in [-0.2, -0.15) is 10.3 Å². The number of hydrogen-bond donors (Lipinski definition) is 1. The van der Waals surface area contributed by atoms with Crippen molar-refractivity contribution >= 4 is 0 Å². The zero-order chi connectivity index (χ0) is 19.2. The Bertz CT molecular complexity index is 1120. The van der Waals surface area contributed by atoms with E-state index in [1.807, 2.05) is 36.4 Å². The van der Waals surface area contributed by atoms with Crippen molar-refractivity contribution in [3.8, 4) is 17.3 Å². The third-order valence-electron chi connectivity index (χ3n) is 6.10. The molecule has 0 aliphatic heterocycles. The van der Waals surface area contributed by atoms with E-state index in [1.165, 1.54) is 16.8 Å². The molecule has 7 heteroatoms. The number of fused-ring (bicyclic) bond motifs is 3. The molecule has 7 nitrogen and oxygen atoms in total. The summed E-state index contributed by atoms with van der Waals surface area (Å²) in [4.78, 5) is 0. The Balaban J connectivity index is 1.30. The molecule has 2 heterocycles. The number of nitrogens with one attached hydrogen (secondary N) is 1. The average molecular weight is 384 g/mol. The lowest BCUT2D eigenvalue weighted by Crippen LogP contribution is -2.09. The maximum Gasteiger partial charge on any atom is 0.225 e. The lowest BCUT2D eigenvalue weighted by Gasteiger charge is -2.10. The number of nitrogens with zero attached hydrogens (tertiary/aromatic N) is 5. The SMILES string of the molecule is c1ccc(Cn2nc(-c3nn[nH]n3)c3c2[C@@H]2[C@@H](COc4ccccc4)[C@@H]2C3)cc1. The summed E-state index contributed by atoms with van der Waals surface area (Å²) in [5, 5.41) is 19.5. The topological polar surface area (TPSA) is 81.5 Å². The first-order valence-electron chi connectivity index (χ1n) is 9.93. The van der Waals surface area contributed by atoms with Crippen LogP contribution in [0.1, 0.15) is 22.7 Å². The van der Waals surface area contributed by atoms with Gasteiger partial charge in [0.05, 0.1) is 13.2 Å². The number of rotatable bonds is 6. The number of aromatic nitrogens is 6. The lowest BCUT2D eigenvalue weighted by molar-refractivity contribution is 0.287. The van der Waals surface area contributed by atoms with Gasteiger partial charge in [-0.15, -0.1) is 10.2 Å². The number of para-hydroxylation sites is 1. The number of benzene rings is 2. The standard InChI is InChI=1S/C22H20N6O/c1-3-7-14(8-4-1)12-28-21-17(20(25-28)22-23-26-27-24-22)11-16-18(19(16)21)13-29-15-9-5-2-6-10-15/h1-10,16,18-19H,11-13H2,(H,23,24,26,27)/t16-,18-,19-/m0/s1. The summed E-state index contributed by atoms with van der Waals surface area (Å²) in [5.41, 5.74) is 4.69. The van der Waals surface area contributed by atoms with Crippen molar-refractivity contribution in [2.24, 2.45) is 11.8 Å². The zero-order valence-electron chi connectivity index (χ0n) is 15.8. The van der Waals surface area contributed by atoms with Crippen LogP contribution in [0.5, 0.6) is 5.75 Å². The minimum absolute atomic E-state index is 0.491. The molecule has 0 unspecified atom stereocenters. The average Bonchev–Trinajstić information content (AvgIpc) is 3.19. The second-order valence-electron chi connectivity index (χ2n) is 7.77. The highest BCUT2D eigenvalue weighted by molar-refractivity contribution is 5.60. The number of ether oxygens (including phenoxy) is 1. The van der Waals surface area contributed by atoms with E-state index in [2.05, 4.69) is 49.6 Å². The van der Waals surface area contributed by atoms with Crippen LogP contribution in [0, 0.1) is 11.8 Å². The van der Waals surface area contributed by atoms with Crippen molar-refractivity contribution in [2.45, 2.75) is 18.9 Å². The first-order valence-corrected chi connectivity index (χ1v) is 9.93. The predicted octanol–water partition coefficient (Wildman–Crippen LogP) is 3.08. The molecule has 0 bridgehead atoms. The summed E-state index contributed by atoms with van der Waals surface area (Å²) in [7, 11) is 0. The number of hydrogen-bond acceptors (Lipinski definition) is 5. The van der Waals surface area contributed by atoms with Crippen LogP contribution >= 0.6 is 0 Å². The molecule has 1 saturated carbocycles. The quantitative estimate of drug-likeness (QED) is 0.552. The molecule has 0 amide bonds. The number of H-pyrrole nitrogens is 1. The van der Waals surface area contributed by atoms with Crippen molar-refractivity contribution in [3.63, 3.8) is 0 Å². The second-order valence-corrected chi connectivity index (χ2v) is 7.77. The van der Waals surface area contributed by atoms with E-state index >= 15 is 0 Å². The molecule has 2 aromatic heterocycles. The highest BCUT2D eigenvalue weighted by Gasteiger charge is 2.59. The summed E-state index contributed by atoms with van der Waals surface area (Å²) in [6, 6.07) is 20.5. The van der Waals surface area contributed by atoms with E-state index in [-0.39, 0.29) is 0 Å². The lowest BCUT2D eigenvalue weighted by atomic mass is 10.1. The molecule has 29 heavy (non-hydrogen) atoms. The van der Waals surface area contributed by atoms with E-state index in [4.69, 9.17) is 9.84 Å². The maximum atomic E-state index is 6.05. The van der Waals surface area contributed by atoms with E-state index in [0.717, 1.165) is 31.0 Å². The van der Waals surface area contributed by atoms with Gasteiger partial charge in [-0.1, -0.05) is 48.5 Å². The van der Waals surface area contributed by atoms with Crippen molar-refractivity contribution in [1.82, 2.24) is 30.4 Å². The zero-order valence-corrected chi connectivity index (χ0v) is 15.8. The van der Waals surface area contributed by atoms with Crippen LogP contribution in [0.25, 0.3) is 11.5 Å². The molecular weight excluding hydrogens is 364 g/mol. The Kier molecular flexibility index (Phi) is 3.72. The van der Waals surface area contributed by atoms with E-state index in [0.29, 0.717) is 23.6 Å². The summed E-state index contributed by atoms with van der Waals surface area (Å²) in [6.07, 6.45) is 1.00. The Hall–Kier alpha value is -3.48. The fourth-order valence-corrected chi connectivity index (χ4v) is 4.71. The van der Waals surface area contributed by atoms with Gasteiger partial charge in [-0.05, 0) is 35.2 Å². The highest BCUT2D eigenvalue weighted by atomic mass is 16.5. The molecule has 0 saturated heterocycles. The fraction of sp³-hybridized carbons (Fsp3) is 0.273. The van der Waals surface area contributed by atoms with E-state index < -0.39 is 0 Å².